The lowest BCUT2D eigenvalue weighted by atomic mass is 10.1. The molecule has 3 N–H and O–H groups in total. The molecule has 0 aliphatic carbocycles. The fourth-order valence-electron chi connectivity index (χ4n) is 3.79. The van der Waals surface area contributed by atoms with Crippen LogP contribution < -0.4 is 10.6 Å². The van der Waals surface area contributed by atoms with Crippen molar-refractivity contribution in [3.8, 4) is 11.1 Å². The van der Waals surface area contributed by atoms with Gasteiger partial charge in [0, 0.05) is 50.8 Å². The molecule has 0 atom stereocenters. The molecule has 33 heavy (non-hydrogen) atoms. The van der Waals surface area contributed by atoms with Crippen molar-refractivity contribution in [3.05, 3.63) is 60.2 Å². The minimum Gasteiger partial charge on any atom is -0.465 e. The number of rotatable bonds is 5. The summed E-state index contributed by atoms with van der Waals surface area (Å²) >= 11 is 0. The Hall–Kier alpha value is -4.05. The molecule has 1 aliphatic heterocycles. The number of ether oxygens (including phenoxy) is 1. The van der Waals surface area contributed by atoms with Crippen molar-refractivity contribution in [3.63, 3.8) is 0 Å². The van der Waals surface area contributed by atoms with E-state index < -0.39 is 6.09 Å². The molecule has 1 saturated heterocycles. The van der Waals surface area contributed by atoms with E-state index in [0.717, 1.165) is 11.1 Å². The molecule has 0 radical (unpaired) electrons. The van der Waals surface area contributed by atoms with Crippen LogP contribution in [0.5, 0.6) is 0 Å². The quantitative estimate of drug-likeness (QED) is 0.551. The number of carbonyl (C=O) groups is 3. The van der Waals surface area contributed by atoms with Gasteiger partial charge in [-0.25, -0.2) is 4.79 Å². The van der Waals surface area contributed by atoms with Crippen LogP contribution in [0.4, 0.5) is 16.2 Å². The first-order valence-corrected chi connectivity index (χ1v) is 10.4. The summed E-state index contributed by atoms with van der Waals surface area (Å²) < 4.78 is 8.69. The summed E-state index contributed by atoms with van der Waals surface area (Å²) in [6.07, 6.45) is 2.23. The van der Waals surface area contributed by atoms with Crippen LogP contribution in [0.1, 0.15) is 21.0 Å². The maximum atomic E-state index is 12.8. The van der Waals surface area contributed by atoms with Crippen molar-refractivity contribution < 1.29 is 24.2 Å². The first-order valence-electron chi connectivity index (χ1n) is 10.4. The third-order valence-corrected chi connectivity index (χ3v) is 5.49. The number of amides is 3. The molecule has 4 rings (SSSR count). The molecule has 3 heterocycles. The number of aromatic nitrogens is 2. The van der Waals surface area contributed by atoms with Gasteiger partial charge in [0.2, 0.25) is 0 Å². The predicted octanol–water partition coefficient (Wildman–Crippen LogP) is 2.85. The zero-order valence-corrected chi connectivity index (χ0v) is 18.4. The summed E-state index contributed by atoms with van der Waals surface area (Å²) in [4.78, 5) is 38.0. The lowest BCUT2D eigenvalue weighted by molar-refractivity contribution is 0.0296. The number of benzene rings is 1. The van der Waals surface area contributed by atoms with E-state index in [1.165, 1.54) is 12.3 Å². The molecule has 1 fully saturated rings. The average molecular weight is 451 g/mol. The van der Waals surface area contributed by atoms with Crippen LogP contribution >= 0.6 is 0 Å². The van der Waals surface area contributed by atoms with Crippen LogP contribution in [0, 0.1) is 0 Å². The van der Waals surface area contributed by atoms with Crippen molar-refractivity contribution in [1.29, 1.82) is 0 Å². The second-order valence-corrected chi connectivity index (χ2v) is 7.82. The van der Waals surface area contributed by atoms with Crippen molar-refractivity contribution >= 4 is 29.3 Å². The van der Waals surface area contributed by atoms with Crippen LogP contribution in [0.25, 0.3) is 11.1 Å². The molecule has 10 nitrogen and oxygen atoms in total. The molecule has 3 aromatic rings. The summed E-state index contributed by atoms with van der Waals surface area (Å²) in [5.74, 6) is -0.378. The van der Waals surface area contributed by atoms with Gasteiger partial charge in [-0.15, -0.1) is 0 Å². The Labute approximate surface area is 190 Å². The molecule has 3 amide bonds. The van der Waals surface area contributed by atoms with Crippen LogP contribution in [-0.2, 0) is 18.8 Å². The van der Waals surface area contributed by atoms with E-state index in [9.17, 15) is 14.4 Å². The minimum atomic E-state index is -1.20. The summed E-state index contributed by atoms with van der Waals surface area (Å²) in [6, 6.07) is 10.6. The van der Waals surface area contributed by atoms with Gasteiger partial charge in [0.05, 0.1) is 18.9 Å². The number of carbonyl (C=O) groups excluding carboxylic acids is 2. The number of hydrogen-bond acceptors (Lipinski definition) is 4. The summed E-state index contributed by atoms with van der Waals surface area (Å²) in [5.41, 5.74) is 3.65. The molecule has 1 aromatic carbocycles. The lowest BCUT2D eigenvalue weighted by Crippen LogP contribution is -2.41. The zero-order chi connectivity index (χ0) is 23.5. The second-order valence-electron chi connectivity index (χ2n) is 7.82. The van der Waals surface area contributed by atoms with Gasteiger partial charge < -0.3 is 29.2 Å². The van der Waals surface area contributed by atoms with E-state index in [4.69, 9.17) is 9.84 Å². The van der Waals surface area contributed by atoms with E-state index >= 15 is 0 Å². The highest BCUT2D eigenvalue weighted by Gasteiger charge is 2.21. The Morgan fingerprint density at radius 2 is 1.52 bits per heavy atom. The van der Waals surface area contributed by atoms with Crippen molar-refractivity contribution in [2.45, 2.75) is 0 Å². The summed E-state index contributed by atoms with van der Waals surface area (Å²) in [5, 5.41) is 13.9. The van der Waals surface area contributed by atoms with Crippen molar-refractivity contribution in [1.82, 2.24) is 14.0 Å². The SMILES string of the molecule is Cn1cc(NC(=O)O)cc1C(=O)Nc1ccc(-c2cc(C(=O)N3CCOCC3)n(C)c2)cc1. The zero-order valence-electron chi connectivity index (χ0n) is 18.4. The summed E-state index contributed by atoms with van der Waals surface area (Å²) in [7, 11) is 3.51. The molecular weight excluding hydrogens is 426 g/mol. The van der Waals surface area contributed by atoms with E-state index in [1.807, 2.05) is 36.0 Å². The van der Waals surface area contributed by atoms with Gasteiger partial charge in [0.15, 0.2) is 0 Å². The van der Waals surface area contributed by atoms with Crippen LogP contribution in [0.3, 0.4) is 0 Å². The number of morpholine rings is 1. The number of hydrogen-bond donors (Lipinski definition) is 3. The third-order valence-electron chi connectivity index (χ3n) is 5.49. The Bertz CT molecular complexity index is 1190. The van der Waals surface area contributed by atoms with Gasteiger partial charge in [-0.1, -0.05) is 12.1 Å². The lowest BCUT2D eigenvalue weighted by Gasteiger charge is -2.26. The van der Waals surface area contributed by atoms with Gasteiger partial charge in [-0.3, -0.25) is 14.9 Å². The minimum absolute atomic E-state index is 0.0183. The fraction of sp³-hybridized carbons (Fsp3) is 0.261. The molecule has 0 bridgehead atoms. The molecule has 10 heteroatoms. The number of aryl methyl sites for hydroxylation is 2. The highest BCUT2D eigenvalue weighted by atomic mass is 16.5. The molecule has 2 aromatic heterocycles. The smallest absolute Gasteiger partial charge is 0.409 e. The van der Waals surface area contributed by atoms with E-state index in [2.05, 4.69) is 10.6 Å². The number of nitrogens with zero attached hydrogens (tertiary/aromatic N) is 3. The average Bonchev–Trinajstić information content (AvgIpc) is 3.36. The monoisotopic (exact) mass is 451 g/mol. The topological polar surface area (TPSA) is 118 Å². The predicted molar refractivity (Wildman–Crippen MR) is 123 cm³/mol. The molecule has 0 spiro atoms. The highest BCUT2D eigenvalue weighted by molar-refractivity contribution is 6.04. The van der Waals surface area contributed by atoms with Gasteiger partial charge in [0.1, 0.15) is 11.4 Å². The van der Waals surface area contributed by atoms with Gasteiger partial charge >= 0.3 is 6.09 Å². The van der Waals surface area contributed by atoms with Crippen LogP contribution in [-0.4, -0.2) is 63.4 Å². The molecule has 0 saturated carbocycles. The van der Waals surface area contributed by atoms with E-state index in [0.29, 0.717) is 49.1 Å². The van der Waals surface area contributed by atoms with Crippen LogP contribution in [0.15, 0.2) is 48.8 Å². The van der Waals surface area contributed by atoms with Gasteiger partial charge in [-0.05, 0) is 29.8 Å². The molecular formula is C23H25N5O5. The van der Waals surface area contributed by atoms with Crippen molar-refractivity contribution in [2.24, 2.45) is 14.1 Å². The first-order chi connectivity index (χ1) is 15.8. The fourth-order valence-corrected chi connectivity index (χ4v) is 3.79. The normalized spacial score (nSPS) is 13.6. The molecule has 172 valence electrons. The van der Waals surface area contributed by atoms with Crippen LogP contribution in [0.2, 0.25) is 0 Å². The molecule has 0 unspecified atom stereocenters. The third kappa shape index (κ3) is 4.90. The van der Waals surface area contributed by atoms with Gasteiger partial charge in [0.25, 0.3) is 11.8 Å². The number of anilines is 2. The standard InChI is InChI=1S/C23H25N5O5/c1-26-13-16(11-20(26)22(30)28-7-9-33-10-8-28)15-3-5-17(6-4-15)24-21(29)19-12-18(14-27(19)2)25-23(31)32/h3-6,11-14,25H,7-10H2,1-2H3,(H,24,29)(H,31,32). The Kier molecular flexibility index (Phi) is 6.18. The Balaban J connectivity index is 1.45. The largest absolute Gasteiger partial charge is 0.465 e. The van der Waals surface area contributed by atoms with E-state index in [-0.39, 0.29) is 11.8 Å². The number of nitrogens with one attached hydrogen (secondary N) is 2. The maximum absolute atomic E-state index is 12.8. The number of carboxylic acid groups (broad SMARTS) is 1. The summed E-state index contributed by atoms with van der Waals surface area (Å²) in [6.45, 7) is 2.28. The maximum Gasteiger partial charge on any atom is 0.409 e. The highest BCUT2D eigenvalue weighted by Crippen LogP contribution is 2.25. The first kappa shape index (κ1) is 22.2. The Morgan fingerprint density at radius 3 is 2.18 bits per heavy atom. The Morgan fingerprint density at radius 1 is 0.848 bits per heavy atom. The van der Waals surface area contributed by atoms with E-state index in [1.54, 1.807) is 28.6 Å². The second kappa shape index (κ2) is 9.21. The van der Waals surface area contributed by atoms with Gasteiger partial charge in [-0.2, -0.15) is 0 Å². The van der Waals surface area contributed by atoms with Crippen molar-refractivity contribution in [2.75, 3.05) is 36.9 Å². The molecule has 1 aliphatic rings.